The minimum Gasteiger partial charge on any atom is -0.504 e. The highest BCUT2D eigenvalue weighted by molar-refractivity contribution is 7.14. The first kappa shape index (κ1) is 26.4. The molecule has 0 bridgehead atoms. The van der Waals surface area contributed by atoms with Crippen molar-refractivity contribution in [3.63, 3.8) is 0 Å². The molecule has 2 N–H and O–H groups in total. The van der Waals surface area contributed by atoms with Gasteiger partial charge in [-0.25, -0.2) is 9.97 Å². The molecule has 0 radical (unpaired) electrons. The van der Waals surface area contributed by atoms with Crippen molar-refractivity contribution in [2.75, 3.05) is 12.4 Å². The standard InChI is InChI=1S/C14H12F3N3O2S.C6H5Cl2NO/c1-20(13(22)11-12(18-7-21)23-8-19-11)6-9-4-2-3-5-10(9)14(15,16)17;1-3-2-4(7)5(10)6(8)9-3/h2-5,7-8H,6H2,1H3,(H,18,21);2,10H,1H3. The predicted octanol–water partition coefficient (Wildman–Crippen LogP) is 5.40. The van der Waals surface area contributed by atoms with E-state index in [2.05, 4.69) is 15.3 Å². The molecule has 0 atom stereocenters. The van der Waals surface area contributed by atoms with E-state index in [0.29, 0.717) is 12.1 Å². The van der Waals surface area contributed by atoms with Crippen LogP contribution < -0.4 is 5.32 Å². The van der Waals surface area contributed by atoms with Crippen LogP contribution in [0.1, 0.15) is 27.3 Å². The molecule has 0 aliphatic heterocycles. The Hall–Kier alpha value is -2.89. The van der Waals surface area contributed by atoms with Gasteiger partial charge in [-0.2, -0.15) is 13.2 Å². The molecule has 0 saturated heterocycles. The van der Waals surface area contributed by atoms with Crippen LogP contribution in [0.4, 0.5) is 18.2 Å². The van der Waals surface area contributed by atoms with Gasteiger partial charge in [0.1, 0.15) is 5.00 Å². The number of carbonyl (C=O) groups is 2. The van der Waals surface area contributed by atoms with Gasteiger partial charge < -0.3 is 15.3 Å². The topological polar surface area (TPSA) is 95.4 Å². The Morgan fingerprint density at radius 1 is 1.30 bits per heavy atom. The lowest BCUT2D eigenvalue weighted by atomic mass is 10.1. The Morgan fingerprint density at radius 3 is 2.58 bits per heavy atom. The number of aromatic hydroxyl groups is 1. The second kappa shape index (κ2) is 11.3. The Kier molecular flexibility index (Phi) is 9.03. The molecular weight excluding hydrogens is 504 g/mol. The number of thiazole rings is 1. The van der Waals surface area contributed by atoms with Gasteiger partial charge in [-0.1, -0.05) is 41.4 Å². The van der Waals surface area contributed by atoms with Crippen LogP contribution in [0.2, 0.25) is 10.2 Å². The number of hydrogen-bond donors (Lipinski definition) is 2. The van der Waals surface area contributed by atoms with Crippen LogP contribution in [0, 0.1) is 6.92 Å². The zero-order chi connectivity index (χ0) is 24.8. The van der Waals surface area contributed by atoms with Crippen molar-refractivity contribution in [2.24, 2.45) is 0 Å². The van der Waals surface area contributed by atoms with Gasteiger partial charge in [-0.05, 0) is 24.6 Å². The van der Waals surface area contributed by atoms with Crippen LogP contribution in [0.25, 0.3) is 0 Å². The number of alkyl halides is 3. The molecule has 3 aromatic rings. The fourth-order valence-corrected chi connectivity index (χ4v) is 3.75. The van der Waals surface area contributed by atoms with Crippen molar-refractivity contribution < 1.29 is 27.9 Å². The lowest BCUT2D eigenvalue weighted by molar-refractivity contribution is -0.138. The maximum atomic E-state index is 13.0. The molecule has 0 aliphatic rings. The predicted molar refractivity (Wildman–Crippen MR) is 120 cm³/mol. The number of hydrogen-bond acceptors (Lipinski definition) is 6. The van der Waals surface area contributed by atoms with Crippen LogP contribution in [0.15, 0.2) is 35.8 Å². The average molecular weight is 521 g/mol. The summed E-state index contributed by atoms with van der Waals surface area (Å²) in [4.78, 5) is 31.5. The van der Waals surface area contributed by atoms with Crippen LogP contribution in [0.5, 0.6) is 5.75 Å². The van der Waals surface area contributed by atoms with Crippen molar-refractivity contribution in [1.82, 2.24) is 14.9 Å². The fraction of sp³-hybridized carbons (Fsp3) is 0.200. The van der Waals surface area contributed by atoms with Crippen molar-refractivity contribution in [3.8, 4) is 5.75 Å². The molecule has 0 unspecified atom stereocenters. The third-order valence-corrected chi connectivity index (χ3v) is 5.38. The minimum atomic E-state index is -4.49. The Bertz CT molecular complexity index is 1120. The zero-order valence-electron chi connectivity index (χ0n) is 17.2. The first-order chi connectivity index (χ1) is 15.5. The molecule has 33 heavy (non-hydrogen) atoms. The van der Waals surface area contributed by atoms with E-state index in [0.717, 1.165) is 22.3 Å². The first-order valence-electron chi connectivity index (χ1n) is 9.01. The minimum absolute atomic E-state index is 0.00547. The summed E-state index contributed by atoms with van der Waals surface area (Å²) in [5.41, 5.74) is 1.25. The van der Waals surface area contributed by atoms with E-state index in [4.69, 9.17) is 28.3 Å². The largest absolute Gasteiger partial charge is 0.504 e. The number of carbonyl (C=O) groups excluding carboxylic acids is 2. The van der Waals surface area contributed by atoms with Gasteiger partial charge in [0.25, 0.3) is 5.91 Å². The fourth-order valence-electron chi connectivity index (χ4n) is 2.59. The molecule has 2 aromatic heterocycles. The van der Waals surface area contributed by atoms with E-state index in [9.17, 15) is 22.8 Å². The first-order valence-corrected chi connectivity index (χ1v) is 10.6. The summed E-state index contributed by atoms with van der Waals surface area (Å²) in [7, 11) is 1.37. The molecule has 2 heterocycles. The number of aromatic nitrogens is 2. The second-order valence-electron chi connectivity index (χ2n) is 6.49. The van der Waals surface area contributed by atoms with Gasteiger partial charge in [0.2, 0.25) is 6.41 Å². The molecular formula is C20H17Cl2F3N4O3S. The quantitative estimate of drug-likeness (QED) is 0.346. The summed E-state index contributed by atoms with van der Waals surface area (Å²) in [6, 6.07) is 6.60. The van der Waals surface area contributed by atoms with Gasteiger partial charge in [0.15, 0.2) is 16.6 Å². The SMILES string of the molecule is CN(Cc1ccccc1C(F)(F)F)C(=O)c1ncsc1NC=O.Cc1cc(Cl)c(O)c(Cl)n1. The smallest absolute Gasteiger partial charge is 0.416 e. The number of amides is 2. The lowest BCUT2D eigenvalue weighted by Crippen LogP contribution is -2.28. The lowest BCUT2D eigenvalue weighted by Gasteiger charge is -2.19. The summed E-state index contributed by atoms with van der Waals surface area (Å²) in [5, 5.41) is 11.9. The summed E-state index contributed by atoms with van der Waals surface area (Å²) in [6.45, 7) is 1.52. The van der Waals surface area contributed by atoms with Crippen molar-refractivity contribution in [3.05, 3.63) is 68.5 Å². The highest BCUT2D eigenvalue weighted by Gasteiger charge is 2.33. The maximum absolute atomic E-state index is 13.0. The monoisotopic (exact) mass is 520 g/mol. The Morgan fingerprint density at radius 2 is 1.97 bits per heavy atom. The molecule has 2 amide bonds. The number of anilines is 1. The van der Waals surface area contributed by atoms with Crippen molar-refractivity contribution in [2.45, 2.75) is 19.6 Å². The summed E-state index contributed by atoms with van der Waals surface area (Å²) < 4.78 is 38.9. The molecule has 0 aliphatic carbocycles. The molecule has 13 heteroatoms. The average Bonchev–Trinajstić information content (AvgIpc) is 3.20. The summed E-state index contributed by atoms with van der Waals surface area (Å²) in [6.07, 6.45) is -4.09. The third-order valence-electron chi connectivity index (χ3n) is 4.07. The van der Waals surface area contributed by atoms with E-state index in [1.54, 1.807) is 13.0 Å². The molecule has 1 aromatic carbocycles. The number of halogens is 5. The van der Waals surface area contributed by atoms with E-state index in [-0.39, 0.29) is 38.7 Å². The molecule has 0 fully saturated rings. The summed E-state index contributed by atoms with van der Waals surface area (Å²) in [5.74, 6) is -0.735. The van der Waals surface area contributed by atoms with Crippen molar-refractivity contribution >= 4 is 51.9 Å². The van der Waals surface area contributed by atoms with E-state index < -0.39 is 17.6 Å². The number of benzene rings is 1. The molecule has 0 saturated carbocycles. The molecule has 3 rings (SSSR count). The Balaban J connectivity index is 0.000000321. The summed E-state index contributed by atoms with van der Waals surface area (Å²) >= 11 is 12.1. The molecule has 7 nitrogen and oxygen atoms in total. The van der Waals surface area contributed by atoms with E-state index in [1.165, 1.54) is 30.8 Å². The van der Waals surface area contributed by atoms with Gasteiger partial charge in [-0.15, -0.1) is 11.3 Å². The highest BCUT2D eigenvalue weighted by Crippen LogP contribution is 2.33. The van der Waals surface area contributed by atoms with Crippen LogP contribution in [-0.4, -0.2) is 39.3 Å². The maximum Gasteiger partial charge on any atom is 0.416 e. The van der Waals surface area contributed by atoms with Crippen LogP contribution in [0.3, 0.4) is 0 Å². The molecule has 176 valence electrons. The molecule has 0 spiro atoms. The van der Waals surface area contributed by atoms with Gasteiger partial charge in [0, 0.05) is 19.3 Å². The number of rotatable bonds is 5. The van der Waals surface area contributed by atoms with Crippen LogP contribution in [-0.2, 0) is 17.5 Å². The number of pyridine rings is 1. The van der Waals surface area contributed by atoms with E-state index >= 15 is 0 Å². The zero-order valence-corrected chi connectivity index (χ0v) is 19.5. The Labute approximate surface area is 200 Å². The highest BCUT2D eigenvalue weighted by atomic mass is 35.5. The number of nitrogens with zero attached hydrogens (tertiary/aromatic N) is 3. The van der Waals surface area contributed by atoms with Gasteiger partial charge >= 0.3 is 6.18 Å². The van der Waals surface area contributed by atoms with Crippen molar-refractivity contribution in [1.29, 1.82) is 0 Å². The van der Waals surface area contributed by atoms with Crippen LogP contribution >= 0.6 is 34.5 Å². The third kappa shape index (κ3) is 7.04. The number of nitrogens with one attached hydrogen (secondary N) is 1. The normalized spacial score (nSPS) is 10.8. The second-order valence-corrected chi connectivity index (χ2v) is 8.11. The van der Waals surface area contributed by atoms with Gasteiger partial charge in [0.05, 0.1) is 16.1 Å². The number of aryl methyl sites for hydroxylation is 1. The van der Waals surface area contributed by atoms with Gasteiger partial charge in [-0.3, -0.25) is 9.59 Å². The van der Waals surface area contributed by atoms with E-state index in [1.807, 2.05) is 0 Å².